The van der Waals surface area contributed by atoms with Gasteiger partial charge < -0.3 is 4.74 Å². The van der Waals surface area contributed by atoms with Crippen LogP contribution in [0.4, 0.5) is 0 Å². The van der Waals surface area contributed by atoms with E-state index in [0.29, 0.717) is 12.1 Å². The third-order valence-corrected chi connectivity index (χ3v) is 5.93. The number of nitrogens with zero attached hydrogens (tertiary/aromatic N) is 1. The van der Waals surface area contributed by atoms with Crippen molar-refractivity contribution < 1.29 is 9.53 Å². The zero-order valence-corrected chi connectivity index (χ0v) is 15.1. The molecule has 2 saturated heterocycles. The molecular formula is C19H26ClNO2. The molecule has 1 aromatic rings. The molecule has 2 aliphatic rings. The lowest BCUT2D eigenvalue weighted by Gasteiger charge is -2.42. The molecule has 4 atom stereocenters. The van der Waals surface area contributed by atoms with Crippen LogP contribution in [0, 0.1) is 12.8 Å². The second-order valence-electron chi connectivity index (χ2n) is 7.33. The molecule has 2 heterocycles. The predicted octanol–water partition coefficient (Wildman–Crippen LogP) is 4.17. The predicted molar refractivity (Wildman–Crippen MR) is 92.8 cm³/mol. The number of piperidine rings is 1. The minimum Gasteiger partial charge on any atom is -0.463 e. The summed E-state index contributed by atoms with van der Waals surface area (Å²) in [6.07, 6.45) is 3.21. The van der Waals surface area contributed by atoms with E-state index in [0.717, 1.165) is 23.4 Å². The van der Waals surface area contributed by atoms with Gasteiger partial charge in [0.15, 0.2) is 0 Å². The molecular weight excluding hydrogens is 310 g/mol. The molecule has 0 aromatic heterocycles. The number of benzene rings is 1. The summed E-state index contributed by atoms with van der Waals surface area (Å²) in [5.74, 6) is 0.0995. The summed E-state index contributed by atoms with van der Waals surface area (Å²) in [4.78, 5) is 15.2. The van der Waals surface area contributed by atoms with Gasteiger partial charge in [0.1, 0.15) is 0 Å². The van der Waals surface area contributed by atoms with Gasteiger partial charge in [-0.05, 0) is 64.3 Å². The molecule has 1 aromatic carbocycles. The van der Waals surface area contributed by atoms with Crippen molar-refractivity contribution in [2.75, 3.05) is 7.05 Å². The average molecular weight is 336 g/mol. The van der Waals surface area contributed by atoms with Gasteiger partial charge >= 0.3 is 5.97 Å². The van der Waals surface area contributed by atoms with Crippen molar-refractivity contribution in [1.82, 2.24) is 4.90 Å². The van der Waals surface area contributed by atoms with Crippen LogP contribution in [0.15, 0.2) is 18.2 Å². The number of carbonyl (C=O) groups excluding carboxylic acids is 1. The Labute approximate surface area is 144 Å². The number of ether oxygens (including phenoxy) is 1. The highest BCUT2D eigenvalue weighted by atomic mass is 35.5. The van der Waals surface area contributed by atoms with Gasteiger partial charge in [-0.1, -0.05) is 23.7 Å². The first-order valence-electron chi connectivity index (χ1n) is 8.57. The molecule has 2 aliphatic heterocycles. The summed E-state index contributed by atoms with van der Waals surface area (Å²) in [5.41, 5.74) is 2.30. The Kier molecular flexibility index (Phi) is 4.70. The second kappa shape index (κ2) is 6.45. The Balaban J connectivity index is 1.95. The number of esters is 1. The van der Waals surface area contributed by atoms with E-state index in [2.05, 4.69) is 24.1 Å². The van der Waals surface area contributed by atoms with Gasteiger partial charge in [0.2, 0.25) is 0 Å². The van der Waals surface area contributed by atoms with Gasteiger partial charge in [0, 0.05) is 23.0 Å². The summed E-state index contributed by atoms with van der Waals surface area (Å²) in [6.45, 7) is 5.86. The molecule has 3 rings (SSSR count). The minimum atomic E-state index is -0.0817. The molecule has 126 valence electrons. The summed E-state index contributed by atoms with van der Waals surface area (Å²) in [5, 5.41) is 0.783. The van der Waals surface area contributed by atoms with E-state index in [1.165, 1.54) is 12.0 Å². The van der Waals surface area contributed by atoms with Gasteiger partial charge in [-0.25, -0.2) is 0 Å². The Morgan fingerprint density at radius 2 is 2.09 bits per heavy atom. The van der Waals surface area contributed by atoms with Crippen molar-refractivity contribution in [1.29, 1.82) is 0 Å². The number of hydrogen-bond acceptors (Lipinski definition) is 3. The van der Waals surface area contributed by atoms with E-state index in [-0.39, 0.29) is 23.9 Å². The van der Waals surface area contributed by atoms with E-state index in [9.17, 15) is 4.79 Å². The lowest BCUT2D eigenvalue weighted by molar-refractivity contribution is -0.157. The molecule has 0 amide bonds. The van der Waals surface area contributed by atoms with Crippen molar-refractivity contribution in [2.24, 2.45) is 5.92 Å². The third kappa shape index (κ3) is 3.14. The molecule has 1 unspecified atom stereocenters. The highest BCUT2D eigenvalue weighted by molar-refractivity contribution is 6.31. The van der Waals surface area contributed by atoms with Crippen LogP contribution in [0.1, 0.15) is 50.2 Å². The number of rotatable bonds is 3. The smallest absolute Gasteiger partial charge is 0.311 e. The molecule has 2 bridgehead atoms. The number of halogens is 1. The summed E-state index contributed by atoms with van der Waals surface area (Å²) in [6, 6.07) is 7.05. The highest BCUT2D eigenvalue weighted by Gasteiger charge is 2.49. The van der Waals surface area contributed by atoms with Crippen LogP contribution in [0.5, 0.6) is 0 Å². The van der Waals surface area contributed by atoms with Crippen LogP contribution in [-0.4, -0.2) is 36.1 Å². The maximum absolute atomic E-state index is 12.8. The van der Waals surface area contributed by atoms with Crippen LogP contribution in [0.25, 0.3) is 0 Å². The lowest BCUT2D eigenvalue weighted by Crippen LogP contribution is -2.49. The fourth-order valence-corrected chi connectivity index (χ4v) is 4.46. The summed E-state index contributed by atoms with van der Waals surface area (Å²) < 4.78 is 5.60. The topological polar surface area (TPSA) is 29.5 Å². The van der Waals surface area contributed by atoms with Crippen molar-refractivity contribution in [2.45, 2.75) is 64.1 Å². The first-order valence-corrected chi connectivity index (χ1v) is 8.94. The average Bonchev–Trinajstić information content (AvgIpc) is 2.72. The molecule has 0 N–H and O–H groups in total. The van der Waals surface area contributed by atoms with Crippen LogP contribution >= 0.6 is 11.6 Å². The molecule has 0 aliphatic carbocycles. The number of aryl methyl sites for hydroxylation is 1. The van der Waals surface area contributed by atoms with Crippen LogP contribution in [0.3, 0.4) is 0 Å². The van der Waals surface area contributed by atoms with Gasteiger partial charge in [-0.2, -0.15) is 0 Å². The SMILES string of the molecule is Cc1cc([C@H]2C[C@H]3CCC([C@H]2C(=O)OC(C)C)N3C)ccc1Cl. The summed E-state index contributed by atoms with van der Waals surface area (Å²) in [7, 11) is 2.15. The molecule has 2 fully saturated rings. The zero-order chi connectivity index (χ0) is 16.7. The molecule has 23 heavy (non-hydrogen) atoms. The maximum Gasteiger partial charge on any atom is 0.311 e. The van der Waals surface area contributed by atoms with Crippen LogP contribution in [-0.2, 0) is 9.53 Å². The van der Waals surface area contributed by atoms with Crippen LogP contribution in [0.2, 0.25) is 5.02 Å². The normalized spacial score (nSPS) is 30.7. The molecule has 0 saturated carbocycles. The Hall–Kier alpha value is -1.06. The fraction of sp³-hybridized carbons (Fsp3) is 0.632. The van der Waals surface area contributed by atoms with Crippen LogP contribution < -0.4 is 0 Å². The van der Waals surface area contributed by atoms with E-state index < -0.39 is 0 Å². The molecule has 0 radical (unpaired) electrons. The first kappa shape index (κ1) is 16.8. The van der Waals surface area contributed by atoms with Gasteiger partial charge in [0.25, 0.3) is 0 Å². The van der Waals surface area contributed by atoms with Crippen molar-refractivity contribution in [3.8, 4) is 0 Å². The maximum atomic E-state index is 12.8. The zero-order valence-electron chi connectivity index (χ0n) is 14.4. The Bertz CT molecular complexity index is 601. The molecule has 0 spiro atoms. The number of hydrogen-bond donors (Lipinski definition) is 0. The monoisotopic (exact) mass is 335 g/mol. The van der Waals surface area contributed by atoms with Crippen molar-refractivity contribution in [3.63, 3.8) is 0 Å². The standard InChI is InChI=1S/C19H26ClNO2/c1-11(2)23-19(22)18-15(10-14-6-8-17(18)21(14)4)13-5-7-16(20)12(3)9-13/h5,7,9,11,14-15,17-18H,6,8,10H2,1-4H3/t14-,15-,17?,18+/m1/s1. The summed E-state index contributed by atoms with van der Waals surface area (Å²) >= 11 is 6.18. The van der Waals surface area contributed by atoms with Gasteiger partial charge in [-0.3, -0.25) is 9.69 Å². The van der Waals surface area contributed by atoms with Crippen molar-refractivity contribution >= 4 is 17.6 Å². The minimum absolute atomic E-state index is 0.0465. The Morgan fingerprint density at radius 3 is 2.74 bits per heavy atom. The molecule has 3 nitrogen and oxygen atoms in total. The lowest BCUT2D eigenvalue weighted by atomic mass is 9.76. The first-order chi connectivity index (χ1) is 10.9. The third-order valence-electron chi connectivity index (χ3n) is 5.50. The number of carbonyl (C=O) groups is 1. The van der Waals surface area contributed by atoms with Crippen molar-refractivity contribution in [3.05, 3.63) is 34.3 Å². The quantitative estimate of drug-likeness (QED) is 0.776. The number of fused-ring (bicyclic) bond motifs is 2. The molecule has 4 heteroatoms. The largest absolute Gasteiger partial charge is 0.463 e. The second-order valence-corrected chi connectivity index (χ2v) is 7.73. The van der Waals surface area contributed by atoms with E-state index >= 15 is 0 Å². The Morgan fingerprint density at radius 1 is 1.35 bits per heavy atom. The van der Waals surface area contributed by atoms with E-state index in [4.69, 9.17) is 16.3 Å². The van der Waals surface area contributed by atoms with Gasteiger partial charge in [0.05, 0.1) is 12.0 Å². The van der Waals surface area contributed by atoms with E-state index in [1.54, 1.807) is 0 Å². The fourth-order valence-electron chi connectivity index (χ4n) is 4.34. The highest BCUT2D eigenvalue weighted by Crippen LogP contribution is 2.47. The van der Waals surface area contributed by atoms with Gasteiger partial charge in [-0.15, -0.1) is 0 Å². The van der Waals surface area contributed by atoms with E-state index in [1.807, 2.05) is 26.8 Å².